The number of hydrogen-bond donors (Lipinski definition) is 4. The number of nitrogens with one attached hydrogen (secondary N) is 3. The van der Waals surface area contributed by atoms with Crippen molar-refractivity contribution in [3.05, 3.63) is 130 Å². The zero-order chi connectivity index (χ0) is 28.5. The number of aryl methyl sites for hydroxylation is 2. The molecule has 5 N–H and O–H groups in total. The summed E-state index contributed by atoms with van der Waals surface area (Å²) in [5.74, 6) is -1.96. The van der Waals surface area contributed by atoms with Crippen LogP contribution in [0, 0.1) is 19.8 Å². The van der Waals surface area contributed by atoms with Gasteiger partial charge in [-0.15, -0.1) is 0 Å². The molecule has 0 aromatic heterocycles. The quantitative estimate of drug-likeness (QED) is 0.171. The van der Waals surface area contributed by atoms with Gasteiger partial charge in [-0.3, -0.25) is 14.4 Å². The smallest absolute Gasteiger partial charge is 0.255 e. The predicted molar refractivity (Wildman–Crippen MR) is 158 cm³/mol. The van der Waals surface area contributed by atoms with E-state index in [0.717, 1.165) is 27.8 Å². The van der Waals surface area contributed by atoms with Crippen molar-refractivity contribution >= 4 is 29.1 Å². The largest absolute Gasteiger partial charge is 0.397 e. The maximum Gasteiger partial charge on any atom is 0.255 e. The number of nitrogen functional groups attached to an aromatic ring is 1. The lowest BCUT2D eigenvalue weighted by Gasteiger charge is -2.18. The number of benzene rings is 4. The molecule has 0 fully saturated rings. The molecule has 7 heteroatoms. The van der Waals surface area contributed by atoms with Crippen molar-refractivity contribution in [2.75, 3.05) is 11.1 Å². The zero-order valence-electron chi connectivity index (χ0n) is 22.7. The summed E-state index contributed by atoms with van der Waals surface area (Å²) in [6.07, 6.45) is 0.187. The molecule has 0 aliphatic carbocycles. The minimum Gasteiger partial charge on any atom is -0.397 e. The fraction of sp³-hybridized carbons (Fsp3) is 0.182. The molecular formula is C33H34N4O3. The molecule has 4 aromatic rings. The van der Waals surface area contributed by atoms with Gasteiger partial charge in [-0.25, -0.2) is 0 Å². The summed E-state index contributed by atoms with van der Waals surface area (Å²) in [6.45, 7) is 4.65. The van der Waals surface area contributed by atoms with E-state index in [2.05, 4.69) is 16.0 Å². The molecule has 7 nitrogen and oxygen atoms in total. The van der Waals surface area contributed by atoms with Crippen molar-refractivity contribution in [2.24, 2.45) is 5.92 Å². The van der Waals surface area contributed by atoms with Gasteiger partial charge >= 0.3 is 0 Å². The van der Waals surface area contributed by atoms with Crippen molar-refractivity contribution in [1.29, 1.82) is 0 Å². The molecule has 0 saturated heterocycles. The molecule has 0 aliphatic rings. The van der Waals surface area contributed by atoms with Gasteiger partial charge in [0, 0.05) is 18.7 Å². The van der Waals surface area contributed by atoms with Gasteiger partial charge in [0.15, 0.2) is 0 Å². The van der Waals surface area contributed by atoms with Gasteiger partial charge in [0.05, 0.1) is 11.4 Å². The number of rotatable bonds is 10. The molecular weight excluding hydrogens is 500 g/mol. The van der Waals surface area contributed by atoms with E-state index in [1.54, 1.807) is 48.5 Å². The second-order valence-electron chi connectivity index (χ2n) is 9.90. The van der Waals surface area contributed by atoms with Crippen LogP contribution in [-0.4, -0.2) is 17.7 Å². The summed E-state index contributed by atoms with van der Waals surface area (Å²) in [7, 11) is 0. The number of hydrogen-bond acceptors (Lipinski definition) is 4. The van der Waals surface area contributed by atoms with E-state index in [1.165, 1.54) is 0 Å². The van der Waals surface area contributed by atoms with E-state index >= 15 is 0 Å². The van der Waals surface area contributed by atoms with E-state index in [4.69, 9.17) is 5.73 Å². The van der Waals surface area contributed by atoms with Crippen LogP contribution in [0.15, 0.2) is 97.1 Å². The standard InChI is InChI=1S/C33H34N4O3/c1-22-7-11-25(12-8-22)20-35-32(39)28(33(40)36-21-26-13-9-23(2)10-14-26)19-24-15-17-27(18-16-24)31(38)37-30-6-4-3-5-29(30)34/h3-18,28H,19-21,34H2,1-2H3,(H,35,39)(H,36,40)(H,37,38). The number of anilines is 2. The third kappa shape index (κ3) is 7.80. The SMILES string of the molecule is Cc1ccc(CNC(=O)C(Cc2ccc(C(=O)Nc3ccccc3N)cc2)C(=O)NCc2ccc(C)cc2)cc1. The summed E-state index contributed by atoms with van der Waals surface area (Å²) in [4.78, 5) is 39.2. The molecule has 204 valence electrons. The molecule has 4 aromatic carbocycles. The number of carbonyl (C=O) groups excluding carboxylic acids is 3. The fourth-order valence-corrected chi connectivity index (χ4v) is 4.17. The van der Waals surface area contributed by atoms with Gasteiger partial charge in [0.2, 0.25) is 11.8 Å². The topological polar surface area (TPSA) is 113 Å². The van der Waals surface area contributed by atoms with Gasteiger partial charge in [-0.2, -0.15) is 0 Å². The van der Waals surface area contributed by atoms with Crippen molar-refractivity contribution in [2.45, 2.75) is 33.4 Å². The van der Waals surface area contributed by atoms with Crippen LogP contribution in [-0.2, 0) is 29.1 Å². The molecule has 0 atom stereocenters. The predicted octanol–water partition coefficient (Wildman–Crippen LogP) is 4.93. The molecule has 0 aliphatic heterocycles. The Kier molecular flexibility index (Phi) is 9.31. The first-order chi connectivity index (χ1) is 19.3. The lowest BCUT2D eigenvalue weighted by molar-refractivity contribution is -0.135. The average molecular weight is 535 g/mol. The van der Waals surface area contributed by atoms with Crippen molar-refractivity contribution in [3.8, 4) is 0 Å². The van der Waals surface area contributed by atoms with Gasteiger partial charge in [0.1, 0.15) is 5.92 Å². The third-order valence-electron chi connectivity index (χ3n) is 6.67. The Bertz CT molecular complexity index is 1400. The lowest BCUT2D eigenvalue weighted by atomic mass is 9.96. The average Bonchev–Trinajstić information content (AvgIpc) is 2.96. The van der Waals surface area contributed by atoms with Gasteiger partial charge in [-0.1, -0.05) is 83.9 Å². The minimum absolute atomic E-state index is 0.187. The highest BCUT2D eigenvalue weighted by Crippen LogP contribution is 2.19. The Morgan fingerprint density at radius 1 is 0.650 bits per heavy atom. The Labute approximate surface area is 234 Å². The van der Waals surface area contributed by atoms with Crippen molar-refractivity contribution < 1.29 is 14.4 Å². The summed E-state index contributed by atoms with van der Waals surface area (Å²) in [5.41, 5.74) is 12.3. The molecule has 0 heterocycles. The highest BCUT2D eigenvalue weighted by atomic mass is 16.2. The van der Waals surface area contributed by atoms with Crippen LogP contribution in [0.25, 0.3) is 0 Å². The summed E-state index contributed by atoms with van der Waals surface area (Å²) < 4.78 is 0. The Morgan fingerprint density at radius 2 is 1.12 bits per heavy atom. The molecule has 0 unspecified atom stereocenters. The summed E-state index contributed by atoms with van der Waals surface area (Å²) >= 11 is 0. The highest BCUT2D eigenvalue weighted by Gasteiger charge is 2.27. The molecule has 3 amide bonds. The summed E-state index contributed by atoms with van der Waals surface area (Å²) in [5, 5.41) is 8.63. The number of nitrogens with two attached hydrogens (primary N) is 1. The fourth-order valence-electron chi connectivity index (χ4n) is 4.17. The molecule has 0 radical (unpaired) electrons. The van der Waals surface area contributed by atoms with Crippen molar-refractivity contribution in [1.82, 2.24) is 10.6 Å². The first kappa shape index (κ1) is 28.1. The van der Waals surface area contributed by atoms with Crippen LogP contribution >= 0.6 is 0 Å². The van der Waals surface area contributed by atoms with E-state index in [9.17, 15) is 14.4 Å². The van der Waals surface area contributed by atoms with Crippen LogP contribution in [0.1, 0.15) is 38.2 Å². The van der Waals surface area contributed by atoms with Crippen LogP contribution in [0.4, 0.5) is 11.4 Å². The maximum atomic E-state index is 13.2. The first-order valence-corrected chi connectivity index (χ1v) is 13.2. The van der Waals surface area contributed by atoms with Crippen LogP contribution < -0.4 is 21.7 Å². The molecule has 40 heavy (non-hydrogen) atoms. The van der Waals surface area contributed by atoms with Crippen LogP contribution in [0.3, 0.4) is 0 Å². The second kappa shape index (κ2) is 13.2. The zero-order valence-corrected chi connectivity index (χ0v) is 22.7. The van der Waals surface area contributed by atoms with E-state index in [0.29, 0.717) is 30.0 Å². The number of carbonyl (C=O) groups is 3. The lowest BCUT2D eigenvalue weighted by Crippen LogP contribution is -2.42. The molecule has 4 rings (SSSR count). The van der Waals surface area contributed by atoms with Crippen LogP contribution in [0.5, 0.6) is 0 Å². The Hall–Kier alpha value is -4.91. The van der Waals surface area contributed by atoms with Gasteiger partial charge < -0.3 is 21.7 Å². The Balaban J connectivity index is 1.44. The highest BCUT2D eigenvalue weighted by molar-refractivity contribution is 6.05. The molecule has 0 saturated carbocycles. The Morgan fingerprint density at radius 3 is 1.62 bits per heavy atom. The normalized spacial score (nSPS) is 10.7. The number of amides is 3. The first-order valence-electron chi connectivity index (χ1n) is 13.2. The van der Waals surface area contributed by atoms with Gasteiger partial charge in [0.25, 0.3) is 5.91 Å². The van der Waals surface area contributed by atoms with E-state index in [1.807, 2.05) is 62.4 Å². The third-order valence-corrected chi connectivity index (χ3v) is 6.67. The minimum atomic E-state index is -0.945. The maximum absolute atomic E-state index is 13.2. The van der Waals surface area contributed by atoms with Crippen LogP contribution in [0.2, 0.25) is 0 Å². The van der Waals surface area contributed by atoms with Crippen molar-refractivity contribution in [3.63, 3.8) is 0 Å². The molecule has 0 bridgehead atoms. The van der Waals surface area contributed by atoms with E-state index < -0.39 is 5.92 Å². The second-order valence-corrected chi connectivity index (χ2v) is 9.90. The van der Waals surface area contributed by atoms with E-state index in [-0.39, 0.29) is 24.1 Å². The van der Waals surface area contributed by atoms with Gasteiger partial charge in [-0.05, 0) is 61.2 Å². The number of para-hydroxylation sites is 2. The summed E-state index contributed by atoms with van der Waals surface area (Å²) in [6, 6.07) is 29.7. The molecule has 0 spiro atoms. The monoisotopic (exact) mass is 534 g/mol.